The first-order chi connectivity index (χ1) is 9.63. The van der Waals surface area contributed by atoms with Gasteiger partial charge in [0.1, 0.15) is 6.10 Å². The summed E-state index contributed by atoms with van der Waals surface area (Å²) >= 11 is 0. The smallest absolute Gasteiger partial charge is 0.410 e. The maximum Gasteiger partial charge on any atom is 0.410 e. The standard InChI is InChI=1S/C13H21N5O2/c1-17-12(14)15-11(16-17)9-5-7-18(8-6-9)13(19)20-10-3-2-4-10/h9-10H,2-8H2,1H3,(H2,14,15,16). The van der Waals surface area contributed by atoms with E-state index >= 15 is 0 Å². The van der Waals surface area contributed by atoms with E-state index in [2.05, 4.69) is 10.1 Å². The fourth-order valence-electron chi connectivity index (χ4n) is 2.62. The molecular formula is C13H21N5O2. The molecule has 2 aliphatic rings. The van der Waals surface area contributed by atoms with Crippen molar-refractivity contribution in [1.29, 1.82) is 0 Å². The largest absolute Gasteiger partial charge is 0.446 e. The van der Waals surface area contributed by atoms with Crippen molar-refractivity contribution in [2.75, 3.05) is 18.8 Å². The van der Waals surface area contributed by atoms with Gasteiger partial charge in [0.05, 0.1) is 0 Å². The number of amides is 1. The van der Waals surface area contributed by atoms with Gasteiger partial charge in [0.25, 0.3) is 0 Å². The third-order valence-electron chi connectivity index (χ3n) is 4.25. The van der Waals surface area contributed by atoms with Crippen LogP contribution in [0.25, 0.3) is 0 Å². The highest BCUT2D eigenvalue weighted by molar-refractivity contribution is 5.68. The number of nitrogen functional groups attached to an aromatic ring is 1. The van der Waals surface area contributed by atoms with Crippen LogP contribution in [0.5, 0.6) is 0 Å². The Balaban J connectivity index is 1.52. The Morgan fingerprint density at radius 1 is 1.30 bits per heavy atom. The summed E-state index contributed by atoms with van der Waals surface area (Å²) in [6, 6.07) is 0. The van der Waals surface area contributed by atoms with Gasteiger partial charge in [-0.15, -0.1) is 0 Å². The van der Waals surface area contributed by atoms with Crippen LogP contribution < -0.4 is 5.73 Å². The molecule has 1 saturated carbocycles. The normalized spacial score (nSPS) is 20.8. The predicted octanol–water partition coefficient (Wildman–Crippen LogP) is 1.27. The lowest BCUT2D eigenvalue weighted by Gasteiger charge is -2.33. The van der Waals surface area contributed by atoms with E-state index in [1.807, 2.05) is 0 Å². The Hall–Kier alpha value is -1.79. The van der Waals surface area contributed by atoms with Crippen molar-refractivity contribution in [3.05, 3.63) is 5.82 Å². The Morgan fingerprint density at radius 3 is 2.50 bits per heavy atom. The van der Waals surface area contributed by atoms with Gasteiger partial charge in [0.15, 0.2) is 5.82 Å². The fraction of sp³-hybridized carbons (Fsp3) is 0.769. The third-order valence-corrected chi connectivity index (χ3v) is 4.25. The summed E-state index contributed by atoms with van der Waals surface area (Å²) in [5, 5.41) is 4.32. The number of ether oxygens (including phenoxy) is 1. The highest BCUT2D eigenvalue weighted by Crippen LogP contribution is 2.28. The molecule has 20 heavy (non-hydrogen) atoms. The first-order valence-corrected chi connectivity index (χ1v) is 7.25. The Morgan fingerprint density at radius 2 is 2.00 bits per heavy atom. The Kier molecular flexibility index (Phi) is 3.50. The fourth-order valence-corrected chi connectivity index (χ4v) is 2.62. The van der Waals surface area contributed by atoms with Crippen LogP contribution in [-0.2, 0) is 11.8 Å². The lowest BCUT2D eigenvalue weighted by Crippen LogP contribution is -2.41. The summed E-state index contributed by atoms with van der Waals surface area (Å²) in [4.78, 5) is 18.0. The zero-order valence-electron chi connectivity index (χ0n) is 11.8. The van der Waals surface area contributed by atoms with E-state index in [0.29, 0.717) is 19.0 Å². The van der Waals surface area contributed by atoms with E-state index in [9.17, 15) is 4.79 Å². The Bertz CT molecular complexity index is 469. The number of piperidine rings is 1. The molecule has 0 unspecified atom stereocenters. The van der Waals surface area contributed by atoms with Gasteiger partial charge in [-0.1, -0.05) is 0 Å². The van der Waals surface area contributed by atoms with Crippen LogP contribution in [0.1, 0.15) is 43.8 Å². The molecule has 1 aliphatic heterocycles. The first-order valence-electron chi connectivity index (χ1n) is 7.25. The van der Waals surface area contributed by atoms with Gasteiger partial charge in [0, 0.05) is 26.1 Å². The number of hydrogen-bond donors (Lipinski definition) is 1. The van der Waals surface area contributed by atoms with E-state index in [1.54, 1.807) is 16.6 Å². The van der Waals surface area contributed by atoms with Gasteiger partial charge in [0.2, 0.25) is 5.95 Å². The molecule has 0 bridgehead atoms. The molecule has 1 amide bonds. The van der Waals surface area contributed by atoms with Crippen LogP contribution in [0, 0.1) is 0 Å². The number of nitrogens with zero attached hydrogens (tertiary/aromatic N) is 4. The number of carbonyl (C=O) groups excluding carboxylic acids is 1. The van der Waals surface area contributed by atoms with Gasteiger partial charge < -0.3 is 15.4 Å². The number of anilines is 1. The molecule has 7 nitrogen and oxygen atoms in total. The van der Waals surface area contributed by atoms with Gasteiger partial charge in [-0.3, -0.25) is 0 Å². The number of hydrogen-bond acceptors (Lipinski definition) is 5. The summed E-state index contributed by atoms with van der Waals surface area (Å²) < 4.78 is 7.01. The van der Waals surface area contributed by atoms with Crippen molar-refractivity contribution >= 4 is 12.0 Å². The highest BCUT2D eigenvalue weighted by atomic mass is 16.6. The van der Waals surface area contributed by atoms with Crippen molar-refractivity contribution in [2.45, 2.75) is 44.1 Å². The molecule has 0 radical (unpaired) electrons. The molecule has 3 rings (SSSR count). The van der Waals surface area contributed by atoms with E-state index < -0.39 is 0 Å². The van der Waals surface area contributed by atoms with Crippen LogP contribution in [0.15, 0.2) is 0 Å². The van der Waals surface area contributed by atoms with Crippen LogP contribution in [0.4, 0.5) is 10.7 Å². The third kappa shape index (κ3) is 2.57. The summed E-state index contributed by atoms with van der Waals surface area (Å²) in [5.74, 6) is 1.51. The lowest BCUT2D eigenvalue weighted by molar-refractivity contribution is 0.0224. The molecule has 110 valence electrons. The molecule has 0 atom stereocenters. The highest BCUT2D eigenvalue weighted by Gasteiger charge is 2.30. The minimum Gasteiger partial charge on any atom is -0.446 e. The molecule has 0 aromatic carbocycles. The maximum absolute atomic E-state index is 12.0. The average molecular weight is 279 g/mol. The second-order valence-electron chi connectivity index (χ2n) is 5.65. The molecular weight excluding hydrogens is 258 g/mol. The van der Waals surface area contributed by atoms with E-state index in [0.717, 1.165) is 31.5 Å². The lowest BCUT2D eigenvalue weighted by atomic mass is 9.96. The van der Waals surface area contributed by atoms with Crippen LogP contribution >= 0.6 is 0 Å². The number of aromatic nitrogens is 3. The van der Waals surface area contributed by atoms with Crippen LogP contribution in [0.2, 0.25) is 0 Å². The van der Waals surface area contributed by atoms with Crippen molar-refractivity contribution in [1.82, 2.24) is 19.7 Å². The first kappa shape index (κ1) is 13.2. The van der Waals surface area contributed by atoms with Gasteiger partial charge in [-0.05, 0) is 32.1 Å². The molecule has 1 saturated heterocycles. The van der Waals surface area contributed by atoms with Crippen molar-refractivity contribution in [2.24, 2.45) is 7.05 Å². The molecule has 1 aromatic rings. The summed E-state index contributed by atoms with van der Waals surface area (Å²) in [7, 11) is 1.79. The van der Waals surface area contributed by atoms with Gasteiger partial charge >= 0.3 is 6.09 Å². The Labute approximate surface area is 118 Å². The molecule has 1 aliphatic carbocycles. The van der Waals surface area contributed by atoms with Gasteiger partial charge in [-0.25, -0.2) is 9.48 Å². The SMILES string of the molecule is Cn1nc(C2CCN(C(=O)OC3CCC3)CC2)nc1N. The van der Waals surface area contributed by atoms with E-state index in [1.165, 1.54) is 6.42 Å². The average Bonchev–Trinajstić information content (AvgIpc) is 2.74. The topological polar surface area (TPSA) is 86.3 Å². The molecule has 7 heteroatoms. The second-order valence-corrected chi connectivity index (χ2v) is 5.65. The summed E-state index contributed by atoms with van der Waals surface area (Å²) in [5.41, 5.74) is 5.70. The summed E-state index contributed by atoms with van der Waals surface area (Å²) in [6.07, 6.45) is 4.91. The minimum atomic E-state index is -0.165. The van der Waals surface area contributed by atoms with Gasteiger partial charge in [-0.2, -0.15) is 10.1 Å². The molecule has 2 heterocycles. The minimum absolute atomic E-state index is 0.150. The van der Waals surface area contributed by atoms with Crippen molar-refractivity contribution in [3.8, 4) is 0 Å². The zero-order chi connectivity index (χ0) is 14.1. The number of carbonyl (C=O) groups is 1. The van der Waals surface area contributed by atoms with Crippen LogP contribution in [-0.4, -0.2) is 45.0 Å². The summed E-state index contributed by atoms with van der Waals surface area (Å²) in [6.45, 7) is 1.41. The number of rotatable bonds is 2. The van der Waals surface area contributed by atoms with Crippen molar-refractivity contribution < 1.29 is 9.53 Å². The molecule has 2 fully saturated rings. The number of nitrogens with two attached hydrogens (primary N) is 1. The zero-order valence-corrected chi connectivity index (χ0v) is 11.8. The molecule has 1 aromatic heterocycles. The predicted molar refractivity (Wildman–Crippen MR) is 73.1 cm³/mol. The maximum atomic E-state index is 12.0. The van der Waals surface area contributed by atoms with E-state index in [4.69, 9.17) is 10.5 Å². The monoisotopic (exact) mass is 279 g/mol. The second kappa shape index (κ2) is 5.30. The molecule has 0 spiro atoms. The van der Waals surface area contributed by atoms with E-state index in [-0.39, 0.29) is 18.1 Å². The number of likely N-dealkylation sites (tertiary alicyclic amines) is 1. The molecule has 2 N–H and O–H groups in total. The van der Waals surface area contributed by atoms with Crippen LogP contribution in [0.3, 0.4) is 0 Å². The number of aryl methyl sites for hydroxylation is 1. The quantitative estimate of drug-likeness (QED) is 0.881. The van der Waals surface area contributed by atoms with Crippen molar-refractivity contribution in [3.63, 3.8) is 0 Å².